The molecule has 1 atom stereocenters. The molecule has 78 valence electrons. The van der Waals surface area contributed by atoms with Crippen molar-refractivity contribution >= 4 is 5.69 Å². The van der Waals surface area contributed by atoms with E-state index in [1.165, 1.54) is 5.56 Å². The lowest BCUT2D eigenvalue weighted by molar-refractivity contribution is 0.298. The number of anilines is 1. The Balaban J connectivity index is 2.87. The van der Waals surface area contributed by atoms with Crippen LogP contribution in [-0.2, 0) is 0 Å². The number of aliphatic hydroxyl groups excluding tert-OH is 1. The molecule has 1 unspecified atom stereocenters. The molecule has 1 aromatic rings. The molecule has 0 spiro atoms. The van der Waals surface area contributed by atoms with Crippen molar-refractivity contribution < 1.29 is 5.11 Å². The highest BCUT2D eigenvalue weighted by atomic mass is 16.3. The molecular weight excluding hydrogens is 176 g/mol. The summed E-state index contributed by atoms with van der Waals surface area (Å²) in [6.07, 6.45) is -0.0797. The fourth-order valence-electron chi connectivity index (χ4n) is 1.48. The second kappa shape index (κ2) is 4.98. The minimum Gasteiger partial charge on any atom is -0.395 e. The van der Waals surface area contributed by atoms with Crippen LogP contribution < -0.4 is 10.6 Å². The van der Waals surface area contributed by atoms with Gasteiger partial charge in [0.1, 0.15) is 0 Å². The van der Waals surface area contributed by atoms with E-state index in [1.54, 1.807) is 0 Å². The van der Waals surface area contributed by atoms with Crippen LogP contribution in [0.1, 0.15) is 12.5 Å². The molecule has 0 aromatic heterocycles. The molecule has 0 bridgehead atoms. The van der Waals surface area contributed by atoms with Gasteiger partial charge >= 0.3 is 0 Å². The zero-order valence-corrected chi connectivity index (χ0v) is 8.77. The third kappa shape index (κ3) is 2.72. The van der Waals surface area contributed by atoms with Gasteiger partial charge in [0.05, 0.1) is 12.8 Å². The number of benzene rings is 1. The normalized spacial score (nSPS) is 12.6. The Morgan fingerprint density at radius 3 is 2.71 bits per heavy atom. The van der Waals surface area contributed by atoms with Crippen molar-refractivity contribution in [2.24, 2.45) is 5.73 Å². The van der Waals surface area contributed by atoms with Crippen LogP contribution in [0.25, 0.3) is 0 Å². The van der Waals surface area contributed by atoms with E-state index in [0.717, 1.165) is 5.69 Å². The fraction of sp³-hybridized carbons (Fsp3) is 0.455. The lowest BCUT2D eigenvalue weighted by Gasteiger charge is -2.28. The van der Waals surface area contributed by atoms with Crippen LogP contribution in [0.15, 0.2) is 24.3 Å². The Morgan fingerprint density at radius 2 is 2.21 bits per heavy atom. The highest BCUT2D eigenvalue weighted by Crippen LogP contribution is 2.16. The van der Waals surface area contributed by atoms with Crippen molar-refractivity contribution in [1.82, 2.24) is 0 Å². The van der Waals surface area contributed by atoms with E-state index in [4.69, 9.17) is 10.8 Å². The first-order chi connectivity index (χ1) is 6.65. The van der Waals surface area contributed by atoms with E-state index in [0.29, 0.717) is 6.54 Å². The molecule has 1 aromatic carbocycles. The third-order valence-corrected chi connectivity index (χ3v) is 2.17. The highest BCUT2D eigenvalue weighted by molar-refractivity contribution is 5.48. The number of hydrogen-bond donors (Lipinski definition) is 2. The first-order valence-electron chi connectivity index (χ1n) is 4.85. The topological polar surface area (TPSA) is 49.5 Å². The van der Waals surface area contributed by atoms with Crippen molar-refractivity contribution in [2.45, 2.75) is 20.0 Å². The smallest absolute Gasteiger partial charge is 0.0743 e. The fourth-order valence-corrected chi connectivity index (χ4v) is 1.48. The van der Waals surface area contributed by atoms with Crippen LogP contribution in [0.3, 0.4) is 0 Å². The predicted octanol–water partition coefficient (Wildman–Crippen LogP) is 1.10. The molecule has 0 fully saturated rings. The largest absolute Gasteiger partial charge is 0.395 e. The van der Waals surface area contributed by atoms with Gasteiger partial charge in [-0.05, 0) is 31.5 Å². The van der Waals surface area contributed by atoms with Crippen LogP contribution in [0.5, 0.6) is 0 Å². The van der Waals surface area contributed by atoms with E-state index in [-0.39, 0.29) is 12.8 Å². The molecular formula is C11H18N2O. The number of nitrogens with two attached hydrogens (primary N) is 1. The summed E-state index contributed by atoms with van der Waals surface area (Å²) in [5.41, 5.74) is 8.08. The summed E-state index contributed by atoms with van der Waals surface area (Å²) in [5.74, 6) is 0. The van der Waals surface area contributed by atoms with Gasteiger partial charge in [0.15, 0.2) is 0 Å². The van der Waals surface area contributed by atoms with Gasteiger partial charge < -0.3 is 15.7 Å². The monoisotopic (exact) mass is 194 g/mol. The molecule has 14 heavy (non-hydrogen) atoms. The Bertz CT molecular complexity index is 286. The van der Waals surface area contributed by atoms with Crippen molar-refractivity contribution in [3.05, 3.63) is 29.8 Å². The lowest BCUT2D eigenvalue weighted by Crippen LogP contribution is -2.41. The van der Waals surface area contributed by atoms with Gasteiger partial charge in [-0.25, -0.2) is 0 Å². The van der Waals surface area contributed by atoms with Gasteiger partial charge in [-0.1, -0.05) is 12.1 Å². The first-order valence-corrected chi connectivity index (χ1v) is 4.85. The van der Waals surface area contributed by atoms with Gasteiger partial charge in [-0.3, -0.25) is 0 Å². The maximum atomic E-state index is 8.92. The minimum atomic E-state index is -0.0797. The zero-order valence-electron chi connectivity index (χ0n) is 8.77. The SMILES string of the molecule is Cc1cccc(N(CCO)C(C)N)c1. The first kappa shape index (κ1) is 11.0. The quantitative estimate of drug-likeness (QED) is 0.706. The molecule has 0 heterocycles. The number of hydrogen-bond acceptors (Lipinski definition) is 3. The molecule has 1 rings (SSSR count). The van der Waals surface area contributed by atoms with Gasteiger partial charge in [-0.15, -0.1) is 0 Å². The molecule has 3 heteroatoms. The summed E-state index contributed by atoms with van der Waals surface area (Å²) >= 11 is 0. The van der Waals surface area contributed by atoms with Crippen LogP contribution >= 0.6 is 0 Å². The maximum Gasteiger partial charge on any atom is 0.0743 e. The summed E-state index contributed by atoms with van der Waals surface area (Å²) in [6.45, 7) is 4.65. The van der Waals surface area contributed by atoms with Gasteiger partial charge in [0.25, 0.3) is 0 Å². The average molecular weight is 194 g/mol. The lowest BCUT2D eigenvalue weighted by atomic mass is 10.2. The van der Waals surface area contributed by atoms with Crippen molar-refractivity contribution in [2.75, 3.05) is 18.1 Å². The second-order valence-corrected chi connectivity index (χ2v) is 3.50. The molecule has 0 aliphatic heterocycles. The van der Waals surface area contributed by atoms with Crippen LogP contribution in [0.4, 0.5) is 5.69 Å². The van der Waals surface area contributed by atoms with Crippen LogP contribution in [-0.4, -0.2) is 24.4 Å². The Kier molecular flexibility index (Phi) is 3.92. The summed E-state index contributed by atoms with van der Waals surface area (Å²) in [4.78, 5) is 1.98. The van der Waals surface area contributed by atoms with E-state index in [9.17, 15) is 0 Å². The minimum absolute atomic E-state index is 0.0797. The Morgan fingerprint density at radius 1 is 1.50 bits per heavy atom. The van der Waals surface area contributed by atoms with Gasteiger partial charge in [0, 0.05) is 12.2 Å². The maximum absolute atomic E-state index is 8.92. The third-order valence-electron chi connectivity index (χ3n) is 2.17. The van der Waals surface area contributed by atoms with Gasteiger partial charge in [-0.2, -0.15) is 0 Å². The van der Waals surface area contributed by atoms with Crippen LogP contribution in [0, 0.1) is 6.92 Å². The van der Waals surface area contributed by atoms with Crippen molar-refractivity contribution in [1.29, 1.82) is 0 Å². The van der Waals surface area contributed by atoms with E-state index in [1.807, 2.05) is 36.9 Å². The number of aryl methyl sites for hydroxylation is 1. The molecule has 0 aliphatic rings. The standard InChI is InChI=1S/C11H18N2O/c1-9-4-3-5-11(8-9)13(6-7-14)10(2)12/h3-5,8,10,14H,6-7,12H2,1-2H3. The predicted molar refractivity (Wildman–Crippen MR) is 59.3 cm³/mol. The van der Waals surface area contributed by atoms with Crippen molar-refractivity contribution in [3.63, 3.8) is 0 Å². The summed E-state index contributed by atoms with van der Waals surface area (Å²) in [7, 11) is 0. The highest BCUT2D eigenvalue weighted by Gasteiger charge is 2.09. The molecule has 0 saturated heterocycles. The summed E-state index contributed by atoms with van der Waals surface area (Å²) in [5, 5.41) is 8.92. The van der Waals surface area contributed by atoms with Crippen LogP contribution in [0.2, 0.25) is 0 Å². The Labute approximate surface area is 85.2 Å². The Hall–Kier alpha value is -1.06. The number of nitrogens with zero attached hydrogens (tertiary/aromatic N) is 1. The molecule has 0 aliphatic carbocycles. The van der Waals surface area contributed by atoms with E-state index in [2.05, 4.69) is 6.07 Å². The molecule has 0 amide bonds. The van der Waals surface area contributed by atoms with Crippen molar-refractivity contribution in [3.8, 4) is 0 Å². The number of aliphatic hydroxyl groups is 1. The van der Waals surface area contributed by atoms with E-state index < -0.39 is 0 Å². The summed E-state index contributed by atoms with van der Waals surface area (Å²) in [6, 6.07) is 8.12. The van der Waals surface area contributed by atoms with Gasteiger partial charge in [0.2, 0.25) is 0 Å². The zero-order chi connectivity index (χ0) is 10.6. The summed E-state index contributed by atoms with van der Waals surface area (Å²) < 4.78 is 0. The molecule has 0 saturated carbocycles. The second-order valence-electron chi connectivity index (χ2n) is 3.50. The van der Waals surface area contributed by atoms with E-state index >= 15 is 0 Å². The number of rotatable bonds is 4. The molecule has 0 radical (unpaired) electrons. The average Bonchev–Trinajstić information content (AvgIpc) is 2.13. The molecule has 3 nitrogen and oxygen atoms in total. The molecule has 3 N–H and O–H groups in total.